The number of anilines is 1. The van der Waals surface area contributed by atoms with E-state index in [1.807, 2.05) is 0 Å². The monoisotopic (exact) mass is 295 g/mol. The Hall–Kier alpha value is -1.66. The van der Waals surface area contributed by atoms with Crippen molar-refractivity contribution in [3.05, 3.63) is 30.1 Å². The molecule has 1 saturated heterocycles. The third-order valence-electron chi connectivity index (χ3n) is 3.84. The molecule has 0 aliphatic carbocycles. The highest BCUT2D eigenvalue weighted by Crippen LogP contribution is 2.28. The Bertz CT molecular complexity index is 453. The lowest BCUT2D eigenvalue weighted by molar-refractivity contribution is 0.0558. The molecule has 116 valence electrons. The standard InChI is InChI=1S/C15H22FN3O2/c1-21-11-15(6-8-17-9-7-15)10-18-14(20)19-13-4-2-12(16)3-5-13/h2-5,17H,6-11H2,1H3,(H2,18,19,20). The summed E-state index contributed by atoms with van der Waals surface area (Å²) in [4.78, 5) is 11.9. The molecule has 0 saturated carbocycles. The maximum atomic E-state index is 12.8. The minimum atomic E-state index is -0.324. The Kier molecular flexibility index (Phi) is 5.52. The Morgan fingerprint density at radius 1 is 1.33 bits per heavy atom. The second kappa shape index (κ2) is 7.38. The number of rotatable bonds is 5. The number of urea groups is 1. The summed E-state index contributed by atoms with van der Waals surface area (Å²) in [5.74, 6) is -0.324. The van der Waals surface area contributed by atoms with Gasteiger partial charge in [0.05, 0.1) is 6.61 Å². The van der Waals surface area contributed by atoms with Gasteiger partial charge in [-0.05, 0) is 50.2 Å². The van der Waals surface area contributed by atoms with Gasteiger partial charge in [-0.3, -0.25) is 0 Å². The summed E-state index contributed by atoms with van der Waals surface area (Å²) in [6.45, 7) is 3.07. The largest absolute Gasteiger partial charge is 0.384 e. The van der Waals surface area contributed by atoms with Crippen molar-refractivity contribution in [1.29, 1.82) is 0 Å². The van der Waals surface area contributed by atoms with Crippen LogP contribution in [0.3, 0.4) is 0 Å². The van der Waals surface area contributed by atoms with Crippen LogP contribution in [0.5, 0.6) is 0 Å². The Morgan fingerprint density at radius 2 is 2.00 bits per heavy atom. The van der Waals surface area contributed by atoms with E-state index in [4.69, 9.17) is 4.74 Å². The molecule has 0 bridgehead atoms. The number of halogens is 1. The number of carbonyl (C=O) groups excluding carboxylic acids is 1. The number of methoxy groups -OCH3 is 1. The van der Waals surface area contributed by atoms with Crippen LogP contribution < -0.4 is 16.0 Å². The van der Waals surface area contributed by atoms with Crippen LogP contribution in [0.4, 0.5) is 14.9 Å². The smallest absolute Gasteiger partial charge is 0.319 e. The SMILES string of the molecule is COCC1(CNC(=O)Nc2ccc(F)cc2)CCNCC1. The lowest BCUT2D eigenvalue weighted by Crippen LogP contribution is -2.47. The molecule has 5 nitrogen and oxygen atoms in total. The van der Waals surface area contributed by atoms with Gasteiger partial charge in [0.2, 0.25) is 0 Å². The molecular weight excluding hydrogens is 273 g/mol. The number of ether oxygens (including phenoxy) is 1. The van der Waals surface area contributed by atoms with Gasteiger partial charge >= 0.3 is 6.03 Å². The van der Waals surface area contributed by atoms with Gasteiger partial charge in [-0.2, -0.15) is 0 Å². The van der Waals surface area contributed by atoms with Crippen LogP contribution >= 0.6 is 0 Å². The summed E-state index contributed by atoms with van der Waals surface area (Å²) < 4.78 is 18.1. The third-order valence-corrected chi connectivity index (χ3v) is 3.84. The summed E-state index contributed by atoms with van der Waals surface area (Å²) in [7, 11) is 1.68. The van der Waals surface area contributed by atoms with Crippen LogP contribution in [0, 0.1) is 11.2 Å². The number of nitrogens with one attached hydrogen (secondary N) is 3. The average molecular weight is 295 g/mol. The van der Waals surface area contributed by atoms with E-state index in [1.165, 1.54) is 24.3 Å². The summed E-state index contributed by atoms with van der Waals surface area (Å²) in [6, 6.07) is 5.41. The normalized spacial score (nSPS) is 17.2. The van der Waals surface area contributed by atoms with E-state index in [2.05, 4.69) is 16.0 Å². The van der Waals surface area contributed by atoms with Crippen molar-refractivity contribution in [2.45, 2.75) is 12.8 Å². The van der Waals surface area contributed by atoms with E-state index in [-0.39, 0.29) is 17.3 Å². The molecule has 0 unspecified atom stereocenters. The van der Waals surface area contributed by atoms with Crippen molar-refractivity contribution in [3.63, 3.8) is 0 Å². The zero-order valence-electron chi connectivity index (χ0n) is 12.2. The predicted octanol–water partition coefficient (Wildman–Crippen LogP) is 1.96. The van der Waals surface area contributed by atoms with E-state index < -0.39 is 0 Å². The topological polar surface area (TPSA) is 62.4 Å². The van der Waals surface area contributed by atoms with E-state index >= 15 is 0 Å². The fourth-order valence-electron chi connectivity index (χ4n) is 2.61. The zero-order valence-corrected chi connectivity index (χ0v) is 12.2. The van der Waals surface area contributed by atoms with Crippen LogP contribution in [0.15, 0.2) is 24.3 Å². The second-order valence-corrected chi connectivity index (χ2v) is 5.50. The third kappa shape index (κ3) is 4.68. The first-order valence-corrected chi connectivity index (χ1v) is 7.14. The molecular formula is C15H22FN3O2. The highest BCUT2D eigenvalue weighted by atomic mass is 19.1. The fraction of sp³-hybridized carbons (Fsp3) is 0.533. The fourth-order valence-corrected chi connectivity index (χ4v) is 2.61. The molecule has 21 heavy (non-hydrogen) atoms. The number of benzene rings is 1. The molecule has 3 N–H and O–H groups in total. The summed E-state index contributed by atoms with van der Waals surface area (Å²) >= 11 is 0. The first-order chi connectivity index (χ1) is 10.1. The van der Waals surface area contributed by atoms with Crippen LogP contribution in [0.2, 0.25) is 0 Å². The Balaban J connectivity index is 1.85. The molecule has 1 heterocycles. The summed E-state index contributed by atoms with van der Waals surface area (Å²) in [6.07, 6.45) is 1.94. The van der Waals surface area contributed by atoms with Crippen LogP contribution in [0.1, 0.15) is 12.8 Å². The van der Waals surface area contributed by atoms with E-state index in [0.717, 1.165) is 25.9 Å². The van der Waals surface area contributed by atoms with Gasteiger partial charge < -0.3 is 20.7 Å². The van der Waals surface area contributed by atoms with Crippen molar-refractivity contribution >= 4 is 11.7 Å². The number of carbonyl (C=O) groups is 1. The molecule has 0 atom stereocenters. The molecule has 1 aromatic carbocycles. The highest BCUT2D eigenvalue weighted by molar-refractivity contribution is 5.89. The minimum absolute atomic E-state index is 0.0138. The molecule has 2 amide bonds. The molecule has 1 aliphatic rings. The van der Waals surface area contributed by atoms with E-state index in [9.17, 15) is 9.18 Å². The molecule has 6 heteroatoms. The maximum Gasteiger partial charge on any atom is 0.319 e. The van der Waals surface area contributed by atoms with E-state index in [1.54, 1.807) is 7.11 Å². The first-order valence-electron chi connectivity index (χ1n) is 7.14. The van der Waals surface area contributed by atoms with Crippen molar-refractivity contribution < 1.29 is 13.9 Å². The van der Waals surface area contributed by atoms with Crippen molar-refractivity contribution in [1.82, 2.24) is 10.6 Å². The number of hydrogen-bond donors (Lipinski definition) is 3. The number of piperidine rings is 1. The van der Waals surface area contributed by atoms with Gasteiger partial charge in [0.15, 0.2) is 0 Å². The van der Waals surface area contributed by atoms with Crippen LogP contribution in [-0.2, 0) is 4.74 Å². The van der Waals surface area contributed by atoms with Gasteiger partial charge in [-0.1, -0.05) is 0 Å². The van der Waals surface area contributed by atoms with E-state index in [0.29, 0.717) is 18.8 Å². The molecule has 1 aromatic rings. The minimum Gasteiger partial charge on any atom is -0.384 e. The molecule has 1 fully saturated rings. The predicted molar refractivity (Wildman–Crippen MR) is 79.8 cm³/mol. The molecule has 0 spiro atoms. The van der Waals surface area contributed by atoms with Crippen molar-refractivity contribution in [3.8, 4) is 0 Å². The molecule has 0 radical (unpaired) electrons. The second-order valence-electron chi connectivity index (χ2n) is 5.50. The lowest BCUT2D eigenvalue weighted by atomic mass is 9.79. The van der Waals surface area contributed by atoms with Gasteiger partial charge in [-0.25, -0.2) is 9.18 Å². The van der Waals surface area contributed by atoms with Crippen LogP contribution in [-0.4, -0.2) is 39.4 Å². The van der Waals surface area contributed by atoms with Gasteiger partial charge in [0, 0.05) is 24.8 Å². The maximum absolute atomic E-state index is 12.8. The van der Waals surface area contributed by atoms with Gasteiger partial charge in [0.25, 0.3) is 0 Å². The zero-order chi connectivity index (χ0) is 15.1. The number of amides is 2. The average Bonchev–Trinajstić information content (AvgIpc) is 2.49. The quantitative estimate of drug-likeness (QED) is 0.778. The highest BCUT2D eigenvalue weighted by Gasteiger charge is 2.32. The Labute approximate surface area is 124 Å². The van der Waals surface area contributed by atoms with Gasteiger partial charge in [0.1, 0.15) is 5.82 Å². The summed E-state index contributed by atoms with van der Waals surface area (Å²) in [5.41, 5.74) is 0.556. The molecule has 2 rings (SSSR count). The molecule has 0 aromatic heterocycles. The molecule has 1 aliphatic heterocycles. The van der Waals surface area contributed by atoms with Crippen molar-refractivity contribution in [2.75, 3.05) is 38.7 Å². The number of hydrogen-bond acceptors (Lipinski definition) is 3. The van der Waals surface area contributed by atoms with Gasteiger partial charge in [-0.15, -0.1) is 0 Å². The summed E-state index contributed by atoms with van der Waals surface area (Å²) in [5, 5.41) is 8.90. The van der Waals surface area contributed by atoms with Crippen LogP contribution in [0.25, 0.3) is 0 Å². The lowest BCUT2D eigenvalue weighted by Gasteiger charge is -2.37. The first kappa shape index (κ1) is 15.7. The Morgan fingerprint density at radius 3 is 2.62 bits per heavy atom. The van der Waals surface area contributed by atoms with Crippen molar-refractivity contribution in [2.24, 2.45) is 5.41 Å².